The van der Waals surface area contributed by atoms with Crippen LogP contribution in [0.1, 0.15) is 28.4 Å². The van der Waals surface area contributed by atoms with Crippen LogP contribution >= 0.6 is 0 Å². The molecule has 0 radical (unpaired) electrons. The van der Waals surface area contributed by atoms with Gasteiger partial charge in [0.1, 0.15) is 0 Å². The van der Waals surface area contributed by atoms with E-state index < -0.39 is 0 Å². The number of carbonyl (C=O) groups is 1. The summed E-state index contributed by atoms with van der Waals surface area (Å²) in [4.78, 5) is 20.3. The topological polar surface area (TPSA) is 76.2 Å². The first-order chi connectivity index (χ1) is 15.6. The molecule has 0 bridgehead atoms. The molecule has 0 atom stereocenters. The number of ether oxygens (including phenoxy) is 2. The van der Waals surface area contributed by atoms with Gasteiger partial charge in [0.15, 0.2) is 11.5 Å². The minimum atomic E-state index is -0.0723. The molecule has 0 aliphatic carbocycles. The predicted molar refractivity (Wildman–Crippen MR) is 126 cm³/mol. The zero-order chi connectivity index (χ0) is 22.5. The van der Waals surface area contributed by atoms with Gasteiger partial charge in [0.2, 0.25) is 0 Å². The highest BCUT2D eigenvalue weighted by atomic mass is 16.5. The molecule has 6 nitrogen and oxygen atoms in total. The van der Waals surface area contributed by atoms with Crippen LogP contribution in [0.5, 0.6) is 11.5 Å². The SMILES string of the molecule is CCc1c(-c2ccc(OC)c(OC)c2)[nH]c2ccc(C(=O)NCCc3ccncc3)cc12. The summed E-state index contributed by atoms with van der Waals surface area (Å²) < 4.78 is 10.8. The summed E-state index contributed by atoms with van der Waals surface area (Å²) in [6.07, 6.45) is 5.12. The number of nitrogens with one attached hydrogen (secondary N) is 2. The van der Waals surface area contributed by atoms with E-state index in [0.717, 1.165) is 40.6 Å². The van der Waals surface area contributed by atoms with Gasteiger partial charge in [-0.25, -0.2) is 0 Å². The van der Waals surface area contributed by atoms with Crippen LogP contribution < -0.4 is 14.8 Å². The minimum absolute atomic E-state index is 0.0723. The lowest BCUT2D eigenvalue weighted by Gasteiger charge is -2.10. The average molecular weight is 430 g/mol. The minimum Gasteiger partial charge on any atom is -0.493 e. The number of aromatic amines is 1. The van der Waals surface area contributed by atoms with Gasteiger partial charge >= 0.3 is 0 Å². The maximum atomic E-state index is 12.7. The molecule has 4 aromatic rings. The third-order valence-electron chi connectivity index (χ3n) is 5.64. The van der Waals surface area contributed by atoms with E-state index in [2.05, 4.69) is 22.2 Å². The molecule has 164 valence electrons. The van der Waals surface area contributed by atoms with E-state index in [1.165, 1.54) is 5.56 Å². The lowest BCUT2D eigenvalue weighted by Crippen LogP contribution is -2.25. The first-order valence-corrected chi connectivity index (χ1v) is 10.7. The summed E-state index contributed by atoms with van der Waals surface area (Å²) >= 11 is 0. The van der Waals surface area contributed by atoms with Crippen molar-refractivity contribution in [2.75, 3.05) is 20.8 Å². The van der Waals surface area contributed by atoms with E-state index in [-0.39, 0.29) is 5.91 Å². The Kier molecular flexibility index (Phi) is 6.40. The van der Waals surface area contributed by atoms with Gasteiger partial charge < -0.3 is 19.8 Å². The molecule has 0 spiro atoms. The summed E-state index contributed by atoms with van der Waals surface area (Å²) in [6.45, 7) is 2.69. The summed E-state index contributed by atoms with van der Waals surface area (Å²) in [7, 11) is 3.26. The van der Waals surface area contributed by atoms with Crippen LogP contribution in [-0.4, -0.2) is 36.6 Å². The van der Waals surface area contributed by atoms with Crippen molar-refractivity contribution < 1.29 is 14.3 Å². The molecular formula is C26H27N3O3. The second-order valence-corrected chi connectivity index (χ2v) is 7.52. The van der Waals surface area contributed by atoms with Crippen LogP contribution in [0.15, 0.2) is 60.9 Å². The predicted octanol–water partition coefficient (Wildman–Crippen LogP) is 4.78. The number of amides is 1. The maximum Gasteiger partial charge on any atom is 0.251 e. The fraction of sp³-hybridized carbons (Fsp3) is 0.231. The molecule has 1 amide bonds. The number of H-pyrrole nitrogens is 1. The molecule has 6 heteroatoms. The van der Waals surface area contributed by atoms with Gasteiger partial charge in [0.05, 0.1) is 14.2 Å². The van der Waals surface area contributed by atoms with Gasteiger partial charge in [-0.1, -0.05) is 6.92 Å². The van der Waals surface area contributed by atoms with Crippen molar-refractivity contribution >= 4 is 16.8 Å². The van der Waals surface area contributed by atoms with Crippen LogP contribution in [0.2, 0.25) is 0 Å². The molecule has 0 fully saturated rings. The maximum absolute atomic E-state index is 12.7. The van der Waals surface area contributed by atoms with Gasteiger partial charge in [-0.05, 0) is 72.5 Å². The summed E-state index contributed by atoms with van der Waals surface area (Å²) in [5.74, 6) is 1.30. The Labute approximate surface area is 187 Å². The Hall–Kier alpha value is -3.80. The largest absolute Gasteiger partial charge is 0.493 e. The number of benzene rings is 2. The lowest BCUT2D eigenvalue weighted by molar-refractivity contribution is 0.0954. The summed E-state index contributed by atoms with van der Waals surface area (Å²) in [5, 5.41) is 4.07. The van der Waals surface area contributed by atoms with Gasteiger partial charge in [-0.3, -0.25) is 9.78 Å². The normalized spacial score (nSPS) is 10.8. The Morgan fingerprint density at radius 2 is 1.78 bits per heavy atom. The van der Waals surface area contributed by atoms with Gasteiger partial charge in [0, 0.05) is 46.7 Å². The standard InChI is InChI=1S/C26H27N3O3/c1-4-20-21-15-19(26(30)28-14-11-17-9-12-27-13-10-17)5-7-22(21)29-25(20)18-6-8-23(31-2)24(16-18)32-3/h5-10,12-13,15-16,29H,4,11,14H2,1-3H3,(H,28,30). The number of hydrogen-bond donors (Lipinski definition) is 2. The average Bonchev–Trinajstić information content (AvgIpc) is 3.22. The lowest BCUT2D eigenvalue weighted by atomic mass is 10.0. The second kappa shape index (κ2) is 9.56. The van der Waals surface area contributed by atoms with Crippen LogP contribution in [0.25, 0.3) is 22.2 Å². The van der Waals surface area contributed by atoms with E-state index in [1.807, 2.05) is 48.5 Å². The monoisotopic (exact) mass is 429 g/mol. The van der Waals surface area contributed by atoms with E-state index in [0.29, 0.717) is 23.6 Å². The number of rotatable bonds is 8. The zero-order valence-electron chi connectivity index (χ0n) is 18.6. The smallest absolute Gasteiger partial charge is 0.251 e. The number of nitrogens with zero attached hydrogens (tertiary/aromatic N) is 1. The number of aromatic nitrogens is 2. The Morgan fingerprint density at radius 3 is 2.50 bits per heavy atom. The molecule has 0 saturated carbocycles. The number of hydrogen-bond acceptors (Lipinski definition) is 4. The fourth-order valence-electron chi connectivity index (χ4n) is 3.97. The Bertz CT molecular complexity index is 1230. The number of methoxy groups -OCH3 is 2. The highest BCUT2D eigenvalue weighted by Gasteiger charge is 2.16. The van der Waals surface area contributed by atoms with Gasteiger partial charge in [-0.15, -0.1) is 0 Å². The summed E-state index contributed by atoms with van der Waals surface area (Å²) in [5.41, 5.74) is 6.00. The Balaban J connectivity index is 1.59. The van der Waals surface area contributed by atoms with Crippen molar-refractivity contribution in [3.8, 4) is 22.8 Å². The molecule has 4 rings (SSSR count). The first kappa shape index (κ1) is 21.4. The van der Waals surface area contributed by atoms with Crippen LogP contribution in [0.4, 0.5) is 0 Å². The van der Waals surface area contributed by atoms with Gasteiger partial charge in [-0.2, -0.15) is 0 Å². The van der Waals surface area contributed by atoms with Crippen molar-refractivity contribution in [3.05, 3.63) is 77.6 Å². The van der Waals surface area contributed by atoms with E-state index in [1.54, 1.807) is 26.6 Å². The summed E-state index contributed by atoms with van der Waals surface area (Å²) in [6, 6.07) is 15.6. The zero-order valence-corrected chi connectivity index (χ0v) is 18.6. The van der Waals surface area contributed by atoms with Crippen molar-refractivity contribution in [1.29, 1.82) is 0 Å². The van der Waals surface area contributed by atoms with Gasteiger partial charge in [0.25, 0.3) is 5.91 Å². The van der Waals surface area contributed by atoms with E-state index >= 15 is 0 Å². The third-order valence-corrected chi connectivity index (χ3v) is 5.64. The first-order valence-electron chi connectivity index (χ1n) is 10.7. The number of pyridine rings is 1. The molecule has 2 aromatic carbocycles. The van der Waals surface area contributed by atoms with Crippen molar-refractivity contribution in [3.63, 3.8) is 0 Å². The molecule has 2 aromatic heterocycles. The van der Waals surface area contributed by atoms with E-state index in [9.17, 15) is 4.79 Å². The number of fused-ring (bicyclic) bond motifs is 1. The molecule has 32 heavy (non-hydrogen) atoms. The second-order valence-electron chi connectivity index (χ2n) is 7.52. The van der Waals surface area contributed by atoms with Crippen LogP contribution in [-0.2, 0) is 12.8 Å². The number of aryl methyl sites for hydroxylation is 1. The molecule has 0 aliphatic rings. The van der Waals surface area contributed by atoms with Crippen molar-refractivity contribution in [2.45, 2.75) is 19.8 Å². The van der Waals surface area contributed by atoms with E-state index in [4.69, 9.17) is 9.47 Å². The highest BCUT2D eigenvalue weighted by molar-refractivity contribution is 6.00. The molecule has 2 heterocycles. The van der Waals surface area contributed by atoms with Crippen LogP contribution in [0, 0.1) is 0 Å². The van der Waals surface area contributed by atoms with Crippen molar-refractivity contribution in [1.82, 2.24) is 15.3 Å². The molecule has 0 saturated heterocycles. The quantitative estimate of drug-likeness (QED) is 0.423. The number of carbonyl (C=O) groups excluding carboxylic acids is 1. The molecule has 0 aliphatic heterocycles. The fourth-order valence-corrected chi connectivity index (χ4v) is 3.97. The van der Waals surface area contributed by atoms with Crippen molar-refractivity contribution in [2.24, 2.45) is 0 Å². The molecular weight excluding hydrogens is 402 g/mol. The molecule has 2 N–H and O–H groups in total. The third kappa shape index (κ3) is 4.30. The Morgan fingerprint density at radius 1 is 1.00 bits per heavy atom. The highest BCUT2D eigenvalue weighted by Crippen LogP contribution is 2.36. The molecule has 0 unspecified atom stereocenters. The van der Waals surface area contributed by atoms with Crippen LogP contribution in [0.3, 0.4) is 0 Å².